The zero-order valence-electron chi connectivity index (χ0n) is 12.3. The molecule has 6 nitrogen and oxygen atoms in total. The fourth-order valence-electron chi connectivity index (χ4n) is 2.34. The van der Waals surface area contributed by atoms with Crippen molar-refractivity contribution in [3.63, 3.8) is 0 Å². The SMILES string of the molecule is Cc1c(Br)c2ccccc2n1CC(=O)Nc1n[nH]c(C(F)(F)F)n1. The first-order chi connectivity index (χ1) is 11.3. The number of hydrogen-bond donors (Lipinski definition) is 2. The molecule has 2 heterocycles. The molecule has 10 heteroatoms. The Labute approximate surface area is 142 Å². The third-order valence-electron chi connectivity index (χ3n) is 3.46. The summed E-state index contributed by atoms with van der Waals surface area (Å²) in [5, 5.41) is 8.29. The van der Waals surface area contributed by atoms with Gasteiger partial charge in [-0.25, -0.2) is 0 Å². The number of benzene rings is 1. The number of halogens is 4. The van der Waals surface area contributed by atoms with Gasteiger partial charge in [0.15, 0.2) is 0 Å². The Hall–Kier alpha value is -2.36. The van der Waals surface area contributed by atoms with Gasteiger partial charge < -0.3 is 4.57 Å². The minimum atomic E-state index is -4.64. The van der Waals surface area contributed by atoms with Crippen LogP contribution in [0.5, 0.6) is 0 Å². The first-order valence-corrected chi connectivity index (χ1v) is 7.59. The van der Waals surface area contributed by atoms with E-state index >= 15 is 0 Å². The average Bonchev–Trinajstić information content (AvgIpc) is 3.07. The molecule has 0 saturated heterocycles. The topological polar surface area (TPSA) is 75.6 Å². The van der Waals surface area contributed by atoms with E-state index in [0.29, 0.717) is 0 Å². The molecule has 0 saturated carbocycles. The Bertz CT molecular complexity index is 915. The Balaban J connectivity index is 1.81. The molecule has 0 atom stereocenters. The molecule has 0 aliphatic heterocycles. The van der Waals surface area contributed by atoms with E-state index in [1.165, 1.54) is 0 Å². The van der Waals surface area contributed by atoms with Crippen molar-refractivity contribution in [2.75, 3.05) is 5.32 Å². The summed E-state index contributed by atoms with van der Waals surface area (Å²) in [5.74, 6) is -2.21. The molecule has 0 radical (unpaired) electrons. The van der Waals surface area contributed by atoms with Crippen molar-refractivity contribution in [1.29, 1.82) is 0 Å². The van der Waals surface area contributed by atoms with Gasteiger partial charge in [-0.05, 0) is 28.9 Å². The maximum Gasteiger partial charge on any atom is 0.451 e. The first kappa shape index (κ1) is 16.5. The average molecular weight is 402 g/mol. The number of carbonyl (C=O) groups excluding carboxylic acids is 1. The Morgan fingerprint density at radius 1 is 1.38 bits per heavy atom. The van der Waals surface area contributed by atoms with E-state index in [9.17, 15) is 18.0 Å². The lowest BCUT2D eigenvalue weighted by Crippen LogP contribution is -2.20. The number of carbonyl (C=O) groups is 1. The number of amides is 1. The summed E-state index contributed by atoms with van der Waals surface area (Å²) in [6.07, 6.45) is -4.64. The minimum absolute atomic E-state index is 0.0756. The summed E-state index contributed by atoms with van der Waals surface area (Å²) in [6.45, 7) is 1.76. The van der Waals surface area contributed by atoms with Crippen molar-refractivity contribution < 1.29 is 18.0 Å². The molecule has 126 valence electrons. The van der Waals surface area contributed by atoms with Crippen LogP contribution in [0.2, 0.25) is 0 Å². The number of rotatable bonds is 3. The van der Waals surface area contributed by atoms with Crippen molar-refractivity contribution in [3.05, 3.63) is 40.3 Å². The van der Waals surface area contributed by atoms with Crippen molar-refractivity contribution in [2.45, 2.75) is 19.6 Å². The van der Waals surface area contributed by atoms with Crippen LogP contribution in [0.3, 0.4) is 0 Å². The monoisotopic (exact) mass is 401 g/mol. The number of H-pyrrole nitrogens is 1. The van der Waals surface area contributed by atoms with E-state index < -0.39 is 23.9 Å². The largest absolute Gasteiger partial charge is 0.451 e. The predicted molar refractivity (Wildman–Crippen MR) is 84.4 cm³/mol. The second kappa shape index (κ2) is 5.93. The van der Waals surface area contributed by atoms with Crippen molar-refractivity contribution in [2.24, 2.45) is 0 Å². The van der Waals surface area contributed by atoms with Crippen molar-refractivity contribution in [3.8, 4) is 0 Å². The minimum Gasteiger partial charge on any atom is -0.334 e. The molecule has 3 aromatic rings. The van der Waals surface area contributed by atoms with E-state index in [1.54, 1.807) is 9.67 Å². The van der Waals surface area contributed by atoms with Crippen molar-refractivity contribution >= 4 is 38.7 Å². The quantitative estimate of drug-likeness (QED) is 0.705. The zero-order valence-corrected chi connectivity index (χ0v) is 13.9. The lowest BCUT2D eigenvalue weighted by Gasteiger charge is -2.07. The van der Waals surface area contributed by atoms with E-state index in [1.807, 2.05) is 31.2 Å². The molecule has 0 bridgehead atoms. The molecule has 0 unspecified atom stereocenters. The molecule has 0 aliphatic carbocycles. The number of aromatic nitrogens is 4. The molecule has 0 spiro atoms. The van der Waals surface area contributed by atoms with Crippen LogP contribution in [0.4, 0.5) is 19.1 Å². The Morgan fingerprint density at radius 3 is 2.75 bits per heavy atom. The van der Waals surface area contributed by atoms with E-state index in [4.69, 9.17) is 0 Å². The maximum absolute atomic E-state index is 12.5. The lowest BCUT2D eigenvalue weighted by molar-refractivity contribution is -0.144. The number of para-hydroxylation sites is 1. The summed E-state index contributed by atoms with van der Waals surface area (Å²) >= 11 is 3.48. The number of alkyl halides is 3. The van der Waals surface area contributed by atoms with Crippen LogP contribution in [0.25, 0.3) is 10.9 Å². The number of aromatic amines is 1. The highest BCUT2D eigenvalue weighted by Gasteiger charge is 2.35. The van der Waals surface area contributed by atoms with Gasteiger partial charge in [0.2, 0.25) is 17.7 Å². The highest BCUT2D eigenvalue weighted by atomic mass is 79.9. The van der Waals surface area contributed by atoms with E-state index in [0.717, 1.165) is 21.1 Å². The van der Waals surface area contributed by atoms with Crippen LogP contribution in [0, 0.1) is 6.92 Å². The zero-order chi connectivity index (χ0) is 17.5. The predicted octanol–water partition coefficient (Wildman–Crippen LogP) is 3.49. The Kier molecular flexibility index (Phi) is 4.08. The molecule has 1 amide bonds. The van der Waals surface area contributed by atoms with Gasteiger partial charge in [0.1, 0.15) is 6.54 Å². The van der Waals surface area contributed by atoms with Gasteiger partial charge in [0.05, 0.1) is 0 Å². The molecule has 0 aliphatic rings. The van der Waals surface area contributed by atoms with Crippen LogP contribution in [0.15, 0.2) is 28.7 Å². The molecular formula is C14H11BrF3N5O. The third kappa shape index (κ3) is 3.01. The van der Waals surface area contributed by atoms with Gasteiger partial charge in [-0.1, -0.05) is 18.2 Å². The van der Waals surface area contributed by atoms with Crippen LogP contribution in [0.1, 0.15) is 11.5 Å². The molecule has 0 fully saturated rings. The number of fused-ring (bicyclic) bond motifs is 1. The van der Waals surface area contributed by atoms with E-state index in [-0.39, 0.29) is 6.54 Å². The number of nitrogens with one attached hydrogen (secondary N) is 2. The number of nitrogens with zero attached hydrogens (tertiary/aromatic N) is 3. The summed E-state index contributed by atoms with van der Waals surface area (Å²) in [6, 6.07) is 7.48. The number of anilines is 1. The van der Waals surface area contributed by atoms with Gasteiger partial charge in [-0.3, -0.25) is 15.2 Å². The fraction of sp³-hybridized carbons (Fsp3) is 0.214. The number of hydrogen-bond acceptors (Lipinski definition) is 3. The molecule has 24 heavy (non-hydrogen) atoms. The summed E-state index contributed by atoms with van der Waals surface area (Å²) in [4.78, 5) is 15.3. The molecule has 3 rings (SSSR count). The highest BCUT2D eigenvalue weighted by molar-refractivity contribution is 9.10. The molecule has 1 aromatic carbocycles. The van der Waals surface area contributed by atoms with Crippen LogP contribution >= 0.6 is 15.9 Å². The van der Waals surface area contributed by atoms with Crippen LogP contribution in [-0.2, 0) is 17.5 Å². The lowest BCUT2D eigenvalue weighted by atomic mass is 10.2. The normalized spacial score (nSPS) is 11.9. The van der Waals surface area contributed by atoms with E-state index in [2.05, 4.69) is 31.3 Å². The van der Waals surface area contributed by atoms with Gasteiger partial charge in [0.25, 0.3) is 0 Å². The molecule has 2 aromatic heterocycles. The van der Waals surface area contributed by atoms with Crippen LogP contribution < -0.4 is 5.32 Å². The molecule has 2 N–H and O–H groups in total. The van der Waals surface area contributed by atoms with Gasteiger partial charge >= 0.3 is 6.18 Å². The fourth-order valence-corrected chi connectivity index (χ4v) is 2.89. The standard InChI is InChI=1S/C14H11BrF3N5O/c1-7-11(15)8-4-2-3-5-9(8)23(7)6-10(24)19-13-20-12(21-22-13)14(16,17)18/h2-5H,6H2,1H3,(H2,19,20,21,22,24). The third-order valence-corrected chi connectivity index (χ3v) is 4.46. The van der Waals surface area contributed by atoms with Gasteiger partial charge in [0, 0.05) is 21.1 Å². The smallest absolute Gasteiger partial charge is 0.334 e. The van der Waals surface area contributed by atoms with Crippen molar-refractivity contribution in [1.82, 2.24) is 19.7 Å². The molecular weight excluding hydrogens is 391 g/mol. The second-order valence-electron chi connectivity index (χ2n) is 5.06. The maximum atomic E-state index is 12.5. The Morgan fingerprint density at radius 2 is 2.08 bits per heavy atom. The van der Waals surface area contributed by atoms with Gasteiger partial charge in [-0.2, -0.15) is 18.2 Å². The summed E-state index contributed by atoms with van der Waals surface area (Å²) in [5.41, 5.74) is 1.67. The van der Waals surface area contributed by atoms with Gasteiger partial charge in [-0.15, -0.1) is 5.10 Å². The second-order valence-corrected chi connectivity index (χ2v) is 5.85. The highest BCUT2D eigenvalue weighted by Crippen LogP contribution is 2.30. The summed E-state index contributed by atoms with van der Waals surface area (Å²) in [7, 11) is 0. The van der Waals surface area contributed by atoms with Crippen LogP contribution in [-0.4, -0.2) is 25.7 Å². The summed E-state index contributed by atoms with van der Waals surface area (Å²) < 4.78 is 40.0. The first-order valence-electron chi connectivity index (χ1n) is 6.80.